The molecular weight excluding hydrogens is 274 g/mol. The largest absolute Gasteiger partial charge is 0.478 e. The summed E-state index contributed by atoms with van der Waals surface area (Å²) in [4.78, 5) is 13.9. The zero-order chi connectivity index (χ0) is 15.4. The van der Waals surface area contributed by atoms with Gasteiger partial charge < -0.3 is 5.11 Å². The van der Waals surface area contributed by atoms with Crippen LogP contribution in [0.3, 0.4) is 0 Å². The number of nitrogens with zero attached hydrogens (tertiary/aromatic N) is 1. The predicted molar refractivity (Wildman–Crippen MR) is 88.0 cm³/mol. The highest BCUT2D eigenvalue weighted by Crippen LogP contribution is 2.24. The van der Waals surface area contributed by atoms with Crippen LogP contribution in [-0.4, -0.2) is 29.1 Å². The molecule has 3 rings (SSSR count). The minimum absolute atomic E-state index is 0.422. The van der Waals surface area contributed by atoms with Gasteiger partial charge >= 0.3 is 5.97 Å². The Bertz CT molecular complexity index is 646. The molecule has 1 fully saturated rings. The molecule has 0 aliphatic carbocycles. The fraction of sp³-hybridized carbons (Fsp3) is 0.316. The average molecular weight is 295 g/mol. The van der Waals surface area contributed by atoms with Crippen molar-refractivity contribution < 1.29 is 9.90 Å². The van der Waals surface area contributed by atoms with E-state index in [0.29, 0.717) is 5.56 Å². The van der Waals surface area contributed by atoms with Crippen LogP contribution in [0.25, 0.3) is 11.1 Å². The maximum absolute atomic E-state index is 11.5. The molecule has 0 unspecified atom stereocenters. The third kappa shape index (κ3) is 3.37. The van der Waals surface area contributed by atoms with Crippen LogP contribution >= 0.6 is 0 Å². The van der Waals surface area contributed by atoms with Gasteiger partial charge in [0.2, 0.25) is 0 Å². The second-order valence-corrected chi connectivity index (χ2v) is 5.88. The summed E-state index contributed by atoms with van der Waals surface area (Å²) in [6, 6.07) is 15.8. The molecule has 0 aromatic heterocycles. The van der Waals surface area contributed by atoms with Gasteiger partial charge in [0.05, 0.1) is 5.56 Å². The first-order chi connectivity index (χ1) is 10.7. The summed E-state index contributed by atoms with van der Waals surface area (Å²) in [5, 5.41) is 9.44. The Morgan fingerprint density at radius 1 is 0.955 bits per heavy atom. The van der Waals surface area contributed by atoms with Crippen LogP contribution in [0.2, 0.25) is 0 Å². The van der Waals surface area contributed by atoms with Gasteiger partial charge in [0.15, 0.2) is 0 Å². The molecule has 1 N–H and O–H groups in total. The summed E-state index contributed by atoms with van der Waals surface area (Å²) < 4.78 is 0. The van der Waals surface area contributed by atoms with E-state index in [1.807, 2.05) is 30.3 Å². The van der Waals surface area contributed by atoms with Gasteiger partial charge in [-0.05, 0) is 54.8 Å². The lowest BCUT2D eigenvalue weighted by Crippen LogP contribution is -2.29. The van der Waals surface area contributed by atoms with Crippen LogP contribution in [0.15, 0.2) is 48.5 Å². The summed E-state index contributed by atoms with van der Waals surface area (Å²) in [5.41, 5.74) is 3.54. The Kier molecular flexibility index (Phi) is 4.54. The summed E-state index contributed by atoms with van der Waals surface area (Å²) in [7, 11) is 0. The maximum Gasteiger partial charge on any atom is 0.336 e. The zero-order valence-electron chi connectivity index (χ0n) is 12.7. The second-order valence-electron chi connectivity index (χ2n) is 5.88. The first-order valence-electron chi connectivity index (χ1n) is 7.88. The Balaban J connectivity index is 1.92. The van der Waals surface area contributed by atoms with Crippen LogP contribution < -0.4 is 0 Å². The topological polar surface area (TPSA) is 40.5 Å². The van der Waals surface area contributed by atoms with Crippen molar-refractivity contribution >= 4 is 5.97 Å². The molecule has 1 saturated heterocycles. The minimum Gasteiger partial charge on any atom is -0.478 e. The number of aromatic carboxylic acids is 1. The number of piperidine rings is 1. The highest BCUT2D eigenvalue weighted by molar-refractivity contribution is 5.90. The quantitative estimate of drug-likeness (QED) is 0.925. The fourth-order valence-corrected chi connectivity index (χ4v) is 3.10. The van der Waals surface area contributed by atoms with E-state index < -0.39 is 5.97 Å². The molecule has 1 heterocycles. The summed E-state index contributed by atoms with van der Waals surface area (Å²) >= 11 is 0. The van der Waals surface area contributed by atoms with Crippen LogP contribution in [0.5, 0.6) is 0 Å². The molecule has 1 aliphatic heterocycles. The molecule has 2 aromatic rings. The predicted octanol–water partition coefficient (Wildman–Crippen LogP) is 4.04. The monoisotopic (exact) mass is 295 g/mol. The summed E-state index contributed by atoms with van der Waals surface area (Å²) in [5.74, 6) is -0.841. The number of likely N-dealkylation sites (tertiary alicyclic amines) is 1. The molecule has 0 atom stereocenters. The van der Waals surface area contributed by atoms with E-state index in [0.717, 1.165) is 36.3 Å². The molecule has 1 aliphatic rings. The van der Waals surface area contributed by atoms with Gasteiger partial charge in [-0.1, -0.05) is 42.8 Å². The van der Waals surface area contributed by atoms with Crippen molar-refractivity contribution in [1.82, 2.24) is 4.90 Å². The number of carboxylic acids is 1. The fourth-order valence-electron chi connectivity index (χ4n) is 3.10. The number of benzene rings is 2. The zero-order valence-corrected chi connectivity index (χ0v) is 12.7. The first kappa shape index (κ1) is 14.8. The molecule has 0 saturated carbocycles. The number of carbonyl (C=O) groups is 1. The smallest absolute Gasteiger partial charge is 0.336 e. The molecule has 0 bridgehead atoms. The van der Waals surface area contributed by atoms with Crippen LogP contribution in [0.1, 0.15) is 35.2 Å². The first-order valence-corrected chi connectivity index (χ1v) is 7.88. The highest BCUT2D eigenvalue weighted by atomic mass is 16.4. The molecule has 3 nitrogen and oxygen atoms in total. The van der Waals surface area contributed by atoms with E-state index >= 15 is 0 Å². The van der Waals surface area contributed by atoms with Gasteiger partial charge in [0.25, 0.3) is 0 Å². The number of hydrogen-bond donors (Lipinski definition) is 1. The van der Waals surface area contributed by atoms with Crippen molar-refractivity contribution in [1.29, 1.82) is 0 Å². The summed E-state index contributed by atoms with van der Waals surface area (Å²) in [6.45, 7) is 2.85. The maximum atomic E-state index is 11.5. The molecule has 2 aromatic carbocycles. The normalized spacial score (nSPS) is 15.6. The molecule has 22 heavy (non-hydrogen) atoms. The van der Waals surface area contributed by atoms with Crippen molar-refractivity contribution in [3.05, 3.63) is 59.7 Å². The molecule has 114 valence electrons. The molecule has 0 radical (unpaired) electrons. The van der Waals surface area contributed by atoms with Gasteiger partial charge in [-0.25, -0.2) is 4.79 Å². The van der Waals surface area contributed by atoms with Crippen molar-refractivity contribution in [3.8, 4) is 11.1 Å². The standard InChI is InChI=1S/C19H21NO2/c21-19(22)18-10-9-16(15-7-3-1-4-8-15)13-17(18)14-20-11-5-2-6-12-20/h1,3-4,7-10,13H,2,5-6,11-12,14H2,(H,21,22). The van der Waals surface area contributed by atoms with Crippen LogP contribution in [0, 0.1) is 0 Å². The molecule has 0 spiro atoms. The Morgan fingerprint density at radius 2 is 1.68 bits per heavy atom. The lowest BCUT2D eigenvalue weighted by atomic mass is 9.98. The van der Waals surface area contributed by atoms with Gasteiger partial charge in [-0.15, -0.1) is 0 Å². The van der Waals surface area contributed by atoms with Gasteiger partial charge in [0.1, 0.15) is 0 Å². The average Bonchev–Trinajstić information content (AvgIpc) is 2.56. The van der Waals surface area contributed by atoms with E-state index in [2.05, 4.69) is 17.0 Å². The molecular formula is C19H21NO2. The summed E-state index contributed by atoms with van der Waals surface area (Å²) in [6.07, 6.45) is 3.70. The van der Waals surface area contributed by atoms with Crippen molar-refractivity contribution in [2.45, 2.75) is 25.8 Å². The van der Waals surface area contributed by atoms with Gasteiger partial charge in [0, 0.05) is 6.54 Å². The van der Waals surface area contributed by atoms with E-state index in [4.69, 9.17) is 0 Å². The van der Waals surface area contributed by atoms with Crippen molar-refractivity contribution in [3.63, 3.8) is 0 Å². The van der Waals surface area contributed by atoms with Crippen molar-refractivity contribution in [2.24, 2.45) is 0 Å². The Hall–Kier alpha value is -2.13. The molecule has 0 amide bonds. The number of hydrogen-bond acceptors (Lipinski definition) is 2. The Morgan fingerprint density at radius 3 is 2.36 bits per heavy atom. The van der Waals surface area contributed by atoms with Gasteiger partial charge in [-0.3, -0.25) is 4.90 Å². The Labute approximate surface area is 131 Å². The third-order valence-corrected chi connectivity index (χ3v) is 4.29. The van der Waals surface area contributed by atoms with E-state index in [-0.39, 0.29) is 0 Å². The van der Waals surface area contributed by atoms with Crippen molar-refractivity contribution in [2.75, 3.05) is 13.1 Å². The van der Waals surface area contributed by atoms with E-state index in [1.165, 1.54) is 19.3 Å². The minimum atomic E-state index is -0.841. The van der Waals surface area contributed by atoms with Crippen LogP contribution in [-0.2, 0) is 6.54 Å². The highest BCUT2D eigenvalue weighted by Gasteiger charge is 2.16. The SMILES string of the molecule is O=C(O)c1ccc(-c2ccccc2)cc1CN1CCCCC1. The number of carboxylic acid groups (broad SMARTS) is 1. The van der Waals surface area contributed by atoms with E-state index in [9.17, 15) is 9.90 Å². The molecule has 3 heteroatoms. The number of rotatable bonds is 4. The van der Waals surface area contributed by atoms with E-state index in [1.54, 1.807) is 6.07 Å². The lowest BCUT2D eigenvalue weighted by Gasteiger charge is -2.27. The second kappa shape index (κ2) is 6.75. The third-order valence-electron chi connectivity index (χ3n) is 4.29. The lowest BCUT2D eigenvalue weighted by molar-refractivity contribution is 0.0694. The van der Waals surface area contributed by atoms with Crippen LogP contribution in [0.4, 0.5) is 0 Å². The van der Waals surface area contributed by atoms with Gasteiger partial charge in [-0.2, -0.15) is 0 Å².